The standard InChI is InChI=1S/C16H14ClN3OS/c1-20-15(11-6-8-13(21)9-7-11)18-19-16(20)22-10-12-4-2-3-5-14(12)17/h2-9,21H,10H2,1H3. The van der Waals surface area contributed by atoms with Gasteiger partial charge in [-0.1, -0.05) is 41.6 Å². The van der Waals surface area contributed by atoms with Crippen molar-refractivity contribution in [3.05, 3.63) is 59.1 Å². The zero-order valence-electron chi connectivity index (χ0n) is 11.9. The van der Waals surface area contributed by atoms with Crippen LogP contribution in [0.4, 0.5) is 0 Å². The minimum Gasteiger partial charge on any atom is -0.508 e. The second-order valence-electron chi connectivity index (χ2n) is 4.79. The predicted octanol–water partition coefficient (Wildman–Crippen LogP) is 4.13. The highest BCUT2D eigenvalue weighted by Gasteiger charge is 2.12. The van der Waals surface area contributed by atoms with Crippen LogP contribution in [0.3, 0.4) is 0 Å². The average Bonchev–Trinajstić information content (AvgIpc) is 2.88. The molecule has 3 rings (SSSR count). The molecule has 0 aliphatic heterocycles. The first-order chi connectivity index (χ1) is 10.6. The summed E-state index contributed by atoms with van der Waals surface area (Å²) in [6.45, 7) is 0. The molecule has 0 spiro atoms. The fourth-order valence-corrected chi connectivity index (χ4v) is 3.26. The molecule has 22 heavy (non-hydrogen) atoms. The molecule has 0 bridgehead atoms. The maximum atomic E-state index is 9.35. The van der Waals surface area contributed by atoms with Crippen LogP contribution in [0, 0.1) is 0 Å². The van der Waals surface area contributed by atoms with Crippen molar-refractivity contribution >= 4 is 23.4 Å². The van der Waals surface area contributed by atoms with Gasteiger partial charge in [0.15, 0.2) is 11.0 Å². The molecule has 4 nitrogen and oxygen atoms in total. The Kier molecular flexibility index (Phi) is 4.36. The molecule has 0 aliphatic carbocycles. The lowest BCUT2D eigenvalue weighted by Crippen LogP contribution is -1.95. The maximum Gasteiger partial charge on any atom is 0.191 e. The Hall–Kier alpha value is -1.98. The Balaban J connectivity index is 1.79. The van der Waals surface area contributed by atoms with Crippen LogP contribution in [0.5, 0.6) is 5.75 Å². The van der Waals surface area contributed by atoms with E-state index in [2.05, 4.69) is 10.2 Å². The molecule has 0 aliphatic rings. The number of nitrogens with zero attached hydrogens (tertiary/aromatic N) is 3. The normalized spacial score (nSPS) is 10.8. The van der Waals surface area contributed by atoms with Gasteiger partial charge in [-0.25, -0.2) is 0 Å². The largest absolute Gasteiger partial charge is 0.508 e. The molecular weight excluding hydrogens is 318 g/mol. The lowest BCUT2D eigenvalue weighted by molar-refractivity contribution is 0.475. The van der Waals surface area contributed by atoms with Gasteiger partial charge >= 0.3 is 0 Å². The first-order valence-electron chi connectivity index (χ1n) is 6.70. The smallest absolute Gasteiger partial charge is 0.191 e. The highest BCUT2D eigenvalue weighted by Crippen LogP contribution is 2.28. The van der Waals surface area contributed by atoms with E-state index in [1.165, 1.54) is 0 Å². The molecule has 0 amide bonds. The molecule has 2 aromatic carbocycles. The summed E-state index contributed by atoms with van der Waals surface area (Å²) in [6, 6.07) is 14.7. The lowest BCUT2D eigenvalue weighted by atomic mass is 10.2. The van der Waals surface area contributed by atoms with E-state index in [1.54, 1.807) is 23.9 Å². The van der Waals surface area contributed by atoms with E-state index in [1.807, 2.05) is 48.0 Å². The summed E-state index contributed by atoms with van der Waals surface area (Å²) in [5.74, 6) is 1.74. The van der Waals surface area contributed by atoms with E-state index in [9.17, 15) is 5.11 Å². The Bertz CT molecular complexity index is 786. The van der Waals surface area contributed by atoms with Gasteiger partial charge in [-0.05, 0) is 35.9 Å². The van der Waals surface area contributed by atoms with Gasteiger partial charge in [0.2, 0.25) is 0 Å². The van der Waals surface area contributed by atoms with E-state index < -0.39 is 0 Å². The fraction of sp³-hybridized carbons (Fsp3) is 0.125. The van der Waals surface area contributed by atoms with E-state index in [-0.39, 0.29) is 5.75 Å². The number of phenolic OH excluding ortho intramolecular Hbond substituents is 1. The van der Waals surface area contributed by atoms with Gasteiger partial charge in [-0.2, -0.15) is 0 Å². The molecule has 6 heteroatoms. The summed E-state index contributed by atoms with van der Waals surface area (Å²) >= 11 is 7.75. The number of benzene rings is 2. The monoisotopic (exact) mass is 331 g/mol. The van der Waals surface area contributed by atoms with Gasteiger partial charge in [0.05, 0.1) is 0 Å². The van der Waals surface area contributed by atoms with Gasteiger partial charge < -0.3 is 9.67 Å². The quantitative estimate of drug-likeness (QED) is 0.730. The van der Waals surface area contributed by atoms with Crippen molar-refractivity contribution in [1.29, 1.82) is 0 Å². The molecule has 1 N–H and O–H groups in total. The van der Waals surface area contributed by atoms with Crippen molar-refractivity contribution < 1.29 is 5.11 Å². The van der Waals surface area contributed by atoms with Crippen LogP contribution in [0.2, 0.25) is 5.02 Å². The number of hydrogen-bond donors (Lipinski definition) is 1. The van der Waals surface area contributed by atoms with Crippen LogP contribution in [0.15, 0.2) is 53.7 Å². The Labute approximate surface area is 137 Å². The zero-order valence-corrected chi connectivity index (χ0v) is 13.5. The summed E-state index contributed by atoms with van der Waals surface area (Å²) in [5, 5.41) is 19.4. The van der Waals surface area contributed by atoms with Crippen molar-refractivity contribution in [3.8, 4) is 17.1 Å². The van der Waals surface area contributed by atoms with Crippen LogP contribution in [-0.4, -0.2) is 19.9 Å². The summed E-state index contributed by atoms with van der Waals surface area (Å²) in [5.41, 5.74) is 1.99. The van der Waals surface area contributed by atoms with Gasteiger partial charge in [0.1, 0.15) is 5.75 Å². The molecule has 1 aromatic heterocycles. The van der Waals surface area contributed by atoms with E-state index in [0.29, 0.717) is 0 Å². The minimum absolute atomic E-state index is 0.235. The molecule has 0 fully saturated rings. The third-order valence-electron chi connectivity index (χ3n) is 3.28. The topological polar surface area (TPSA) is 50.9 Å². The second-order valence-corrected chi connectivity index (χ2v) is 6.14. The molecule has 0 radical (unpaired) electrons. The first kappa shape index (κ1) is 14.9. The average molecular weight is 332 g/mol. The minimum atomic E-state index is 0.235. The Morgan fingerprint density at radius 3 is 2.55 bits per heavy atom. The second kappa shape index (κ2) is 6.42. The number of aromatic nitrogens is 3. The van der Waals surface area contributed by atoms with Crippen LogP contribution in [0.25, 0.3) is 11.4 Å². The number of halogens is 1. The third kappa shape index (κ3) is 3.10. The van der Waals surface area contributed by atoms with Crippen LogP contribution >= 0.6 is 23.4 Å². The zero-order chi connectivity index (χ0) is 15.5. The summed E-state index contributed by atoms with van der Waals surface area (Å²) in [7, 11) is 1.93. The maximum absolute atomic E-state index is 9.35. The van der Waals surface area contributed by atoms with E-state index in [0.717, 1.165) is 32.9 Å². The van der Waals surface area contributed by atoms with Crippen molar-refractivity contribution in [2.75, 3.05) is 0 Å². The van der Waals surface area contributed by atoms with Gasteiger partial charge in [0, 0.05) is 23.4 Å². The lowest BCUT2D eigenvalue weighted by Gasteiger charge is -2.05. The van der Waals surface area contributed by atoms with E-state index in [4.69, 9.17) is 11.6 Å². The number of phenols is 1. The molecule has 1 heterocycles. The van der Waals surface area contributed by atoms with Gasteiger partial charge in [-0.15, -0.1) is 10.2 Å². The molecule has 0 saturated heterocycles. The predicted molar refractivity (Wildman–Crippen MR) is 89.1 cm³/mol. The number of rotatable bonds is 4. The fourth-order valence-electron chi connectivity index (χ4n) is 2.06. The molecule has 0 saturated carbocycles. The van der Waals surface area contributed by atoms with Crippen molar-refractivity contribution in [2.24, 2.45) is 7.05 Å². The highest BCUT2D eigenvalue weighted by atomic mass is 35.5. The third-order valence-corrected chi connectivity index (χ3v) is 4.71. The van der Waals surface area contributed by atoms with E-state index >= 15 is 0 Å². The summed E-state index contributed by atoms with van der Waals surface area (Å²) < 4.78 is 1.94. The van der Waals surface area contributed by atoms with Crippen molar-refractivity contribution in [3.63, 3.8) is 0 Å². The van der Waals surface area contributed by atoms with Crippen molar-refractivity contribution in [1.82, 2.24) is 14.8 Å². The first-order valence-corrected chi connectivity index (χ1v) is 8.06. The Morgan fingerprint density at radius 1 is 1.09 bits per heavy atom. The highest BCUT2D eigenvalue weighted by molar-refractivity contribution is 7.98. The number of hydrogen-bond acceptors (Lipinski definition) is 4. The SMILES string of the molecule is Cn1c(SCc2ccccc2Cl)nnc1-c1ccc(O)cc1. The molecule has 3 aromatic rings. The van der Waals surface area contributed by atoms with Gasteiger partial charge in [0.25, 0.3) is 0 Å². The molecule has 0 atom stereocenters. The van der Waals surface area contributed by atoms with Gasteiger partial charge in [-0.3, -0.25) is 0 Å². The number of aromatic hydroxyl groups is 1. The van der Waals surface area contributed by atoms with Crippen LogP contribution in [0.1, 0.15) is 5.56 Å². The van der Waals surface area contributed by atoms with Crippen LogP contribution in [-0.2, 0) is 12.8 Å². The van der Waals surface area contributed by atoms with Crippen LogP contribution < -0.4 is 0 Å². The molecule has 112 valence electrons. The molecular formula is C16H14ClN3OS. The summed E-state index contributed by atoms with van der Waals surface area (Å²) in [4.78, 5) is 0. The van der Waals surface area contributed by atoms with Crippen molar-refractivity contribution in [2.45, 2.75) is 10.9 Å². The molecule has 0 unspecified atom stereocenters. The number of thioether (sulfide) groups is 1. The summed E-state index contributed by atoms with van der Waals surface area (Å²) in [6.07, 6.45) is 0. The Morgan fingerprint density at radius 2 is 1.82 bits per heavy atom.